The molecule has 15 nitrogen and oxygen atoms in total. The van der Waals surface area contributed by atoms with Crippen LogP contribution in [0.5, 0.6) is 11.5 Å². The number of aromatic nitrogens is 6. The smallest absolute Gasteiger partial charge is 0.407 e. The van der Waals surface area contributed by atoms with E-state index >= 15 is 0 Å². The lowest BCUT2D eigenvalue weighted by molar-refractivity contribution is -0.753. The van der Waals surface area contributed by atoms with Gasteiger partial charge in [0.15, 0.2) is 13.2 Å². The summed E-state index contributed by atoms with van der Waals surface area (Å²) in [4.78, 5) is 45.6. The minimum atomic E-state index is -1.05. The number of rotatable bonds is 14. The van der Waals surface area contributed by atoms with Crippen molar-refractivity contribution in [1.29, 1.82) is 0 Å². The number of alkyl carbamates (subject to hydrolysis) is 1. The third-order valence-electron chi connectivity index (χ3n) is 8.07. The van der Waals surface area contributed by atoms with E-state index in [1.165, 1.54) is 4.80 Å². The molecule has 6 rings (SSSR count). The Morgan fingerprint density at radius 3 is 2.25 bits per heavy atom. The number of hydrogen-bond acceptors (Lipinski definition) is 10. The van der Waals surface area contributed by atoms with Gasteiger partial charge in [-0.05, 0) is 79.9 Å². The number of hydrogen-bond donors (Lipinski definition) is 1. The molecule has 3 amide bonds. The summed E-state index contributed by atoms with van der Waals surface area (Å²) in [5, 5.41) is 16.4. The molecule has 52 heavy (non-hydrogen) atoms. The first-order valence-electron chi connectivity index (χ1n) is 16.8. The first-order chi connectivity index (χ1) is 25.0. The molecule has 5 aromatic rings. The van der Waals surface area contributed by atoms with Gasteiger partial charge in [-0.3, -0.25) is 9.59 Å². The number of aryl methyl sites for hydroxylation is 2. The second-order valence-electron chi connectivity index (χ2n) is 13.1. The molecule has 1 N–H and O–H groups in total. The number of methoxy groups -OCH3 is 1. The SMILES string of the molecule is COc1ccc(Cn2nnc([C@H](COc3ccc(-c4cn(CCCNC(=O)OC(C)(C)C)[n+](C)c4)cc3)ON3C(=O)c4ccccc4C3=O)n2)cc1. The predicted molar refractivity (Wildman–Crippen MR) is 186 cm³/mol. The van der Waals surface area contributed by atoms with Crippen LogP contribution in [0.25, 0.3) is 11.1 Å². The van der Waals surface area contributed by atoms with Crippen molar-refractivity contribution >= 4 is 17.9 Å². The number of tetrazole rings is 1. The minimum Gasteiger partial charge on any atom is -0.497 e. The largest absolute Gasteiger partial charge is 0.497 e. The highest BCUT2D eigenvalue weighted by Crippen LogP contribution is 2.28. The van der Waals surface area contributed by atoms with Crippen molar-refractivity contribution in [2.45, 2.75) is 52.0 Å². The average Bonchev–Trinajstić information content (AvgIpc) is 3.81. The van der Waals surface area contributed by atoms with Crippen molar-refractivity contribution in [3.63, 3.8) is 0 Å². The fraction of sp³-hybridized carbons (Fsp3) is 0.324. The Morgan fingerprint density at radius 1 is 0.923 bits per heavy atom. The summed E-state index contributed by atoms with van der Waals surface area (Å²) in [6.07, 6.45) is 3.30. The number of ether oxygens (including phenoxy) is 3. The van der Waals surface area contributed by atoms with E-state index in [0.717, 1.165) is 33.9 Å². The first kappa shape index (κ1) is 35.7. The van der Waals surface area contributed by atoms with Gasteiger partial charge in [0.1, 0.15) is 23.7 Å². The summed E-state index contributed by atoms with van der Waals surface area (Å²) in [7, 11) is 3.56. The number of hydroxylamine groups is 2. The van der Waals surface area contributed by atoms with Gasteiger partial charge in [0.25, 0.3) is 11.8 Å². The number of nitrogens with one attached hydrogen (secondary N) is 1. The van der Waals surface area contributed by atoms with Gasteiger partial charge >= 0.3 is 6.09 Å². The Balaban J connectivity index is 1.11. The molecule has 0 saturated heterocycles. The van der Waals surface area contributed by atoms with E-state index in [1.54, 1.807) is 31.4 Å². The van der Waals surface area contributed by atoms with Gasteiger partial charge in [0.2, 0.25) is 12.0 Å². The molecule has 0 radical (unpaired) electrons. The van der Waals surface area contributed by atoms with Crippen molar-refractivity contribution in [2.75, 3.05) is 20.3 Å². The maximum Gasteiger partial charge on any atom is 0.407 e. The molecule has 15 heteroatoms. The molecule has 0 saturated carbocycles. The van der Waals surface area contributed by atoms with E-state index in [1.807, 2.05) is 93.4 Å². The number of fused-ring (bicyclic) bond motifs is 1. The molecular weight excluding hydrogens is 668 g/mol. The van der Waals surface area contributed by atoms with E-state index in [0.29, 0.717) is 25.4 Å². The molecule has 0 spiro atoms. The van der Waals surface area contributed by atoms with Gasteiger partial charge < -0.3 is 19.5 Å². The van der Waals surface area contributed by atoms with Crippen molar-refractivity contribution in [2.24, 2.45) is 7.05 Å². The number of carbonyl (C=O) groups excluding carboxylic acids is 3. The van der Waals surface area contributed by atoms with Crippen LogP contribution >= 0.6 is 0 Å². The molecule has 3 aromatic carbocycles. The summed E-state index contributed by atoms with van der Waals surface area (Å²) in [6, 6.07) is 21.5. The number of imide groups is 1. The fourth-order valence-corrected chi connectivity index (χ4v) is 5.48. The van der Waals surface area contributed by atoms with Crippen LogP contribution in [0.1, 0.15) is 65.4 Å². The van der Waals surface area contributed by atoms with Gasteiger partial charge in [0, 0.05) is 6.54 Å². The number of nitrogens with zero attached hydrogens (tertiary/aromatic N) is 7. The zero-order valence-corrected chi connectivity index (χ0v) is 29.7. The molecule has 3 heterocycles. The zero-order chi connectivity index (χ0) is 36.8. The second-order valence-corrected chi connectivity index (χ2v) is 13.1. The van der Waals surface area contributed by atoms with Crippen molar-refractivity contribution in [3.8, 4) is 22.6 Å². The number of amides is 3. The normalized spacial score (nSPS) is 13.2. The van der Waals surface area contributed by atoms with E-state index in [-0.39, 0.29) is 23.6 Å². The molecule has 0 fully saturated rings. The zero-order valence-electron chi connectivity index (χ0n) is 29.7. The maximum atomic E-state index is 13.1. The van der Waals surface area contributed by atoms with Gasteiger partial charge in [-0.15, -0.1) is 19.9 Å². The lowest BCUT2D eigenvalue weighted by Gasteiger charge is -2.20. The van der Waals surface area contributed by atoms with Crippen LogP contribution in [0.3, 0.4) is 0 Å². The van der Waals surface area contributed by atoms with Gasteiger partial charge in [-0.2, -0.15) is 9.48 Å². The predicted octanol–water partition coefficient (Wildman–Crippen LogP) is 4.29. The second kappa shape index (κ2) is 15.4. The van der Waals surface area contributed by atoms with Crippen LogP contribution in [0.2, 0.25) is 0 Å². The molecule has 1 aliphatic rings. The molecule has 270 valence electrons. The standard InChI is InChI=1S/C37H40N8O7/c1-37(2,3)51-36(48)38-19-8-20-43-23-27(22-42(43)4)26-13-17-29(18-14-26)50-24-32(52-45-34(46)30-9-6-7-10-31(30)35(45)47)33-39-41-44(40-33)21-25-11-15-28(49-5)16-12-25/h6-7,9-18,22-23,32H,8,19-21,24H2,1-5H3/p+1/t32-/m0/s1. The lowest BCUT2D eigenvalue weighted by atomic mass is 10.1. The fourth-order valence-electron chi connectivity index (χ4n) is 5.48. The minimum absolute atomic E-state index is 0.121. The van der Waals surface area contributed by atoms with Crippen LogP contribution in [-0.2, 0) is 29.7 Å². The summed E-state index contributed by atoms with van der Waals surface area (Å²) in [6.45, 7) is 6.87. The summed E-state index contributed by atoms with van der Waals surface area (Å²) in [5.74, 6) is 0.226. The van der Waals surface area contributed by atoms with Crippen LogP contribution in [0, 0.1) is 0 Å². The first-order valence-corrected chi connectivity index (χ1v) is 16.8. The Bertz CT molecular complexity index is 2000. The number of carbonyl (C=O) groups is 3. The van der Waals surface area contributed by atoms with Crippen LogP contribution < -0.4 is 19.5 Å². The third-order valence-corrected chi connectivity index (χ3v) is 8.07. The van der Waals surface area contributed by atoms with Crippen LogP contribution in [0.15, 0.2) is 85.2 Å². The summed E-state index contributed by atoms with van der Waals surface area (Å²) >= 11 is 0. The van der Waals surface area contributed by atoms with E-state index in [9.17, 15) is 14.4 Å². The van der Waals surface area contributed by atoms with E-state index in [2.05, 4.69) is 25.4 Å². The molecule has 0 bridgehead atoms. The van der Waals surface area contributed by atoms with Gasteiger partial charge in [-0.1, -0.05) is 36.4 Å². The third kappa shape index (κ3) is 8.61. The molecular formula is C37H41N8O7+. The highest BCUT2D eigenvalue weighted by atomic mass is 16.7. The van der Waals surface area contributed by atoms with Crippen molar-refractivity contribution in [1.82, 2.24) is 35.3 Å². The highest BCUT2D eigenvalue weighted by molar-refractivity contribution is 6.20. The molecule has 2 aromatic heterocycles. The quantitative estimate of drug-likeness (QED) is 0.100. The molecule has 0 aliphatic carbocycles. The molecule has 1 aliphatic heterocycles. The van der Waals surface area contributed by atoms with Crippen LogP contribution in [0.4, 0.5) is 4.79 Å². The van der Waals surface area contributed by atoms with Crippen molar-refractivity contribution < 1.29 is 38.1 Å². The summed E-state index contributed by atoms with van der Waals surface area (Å²) < 4.78 is 20.7. The Labute approximate surface area is 300 Å². The Hall–Kier alpha value is -6.09. The van der Waals surface area contributed by atoms with Gasteiger partial charge in [0.05, 0.1) is 43.1 Å². The lowest BCUT2D eigenvalue weighted by Crippen LogP contribution is -2.39. The summed E-state index contributed by atoms with van der Waals surface area (Å²) in [5.41, 5.74) is 2.84. The highest BCUT2D eigenvalue weighted by Gasteiger charge is 2.39. The van der Waals surface area contributed by atoms with Crippen molar-refractivity contribution in [3.05, 3.63) is 108 Å². The molecule has 0 unspecified atom stereocenters. The van der Waals surface area contributed by atoms with Crippen LogP contribution in [-0.4, -0.2) is 73.7 Å². The maximum absolute atomic E-state index is 13.1. The number of benzene rings is 3. The van der Waals surface area contributed by atoms with E-state index in [4.69, 9.17) is 19.0 Å². The van der Waals surface area contributed by atoms with Gasteiger partial charge in [-0.25, -0.2) is 9.63 Å². The molecule has 1 atom stereocenters. The Morgan fingerprint density at radius 2 is 1.60 bits per heavy atom. The topological polar surface area (TPSA) is 156 Å². The van der Waals surface area contributed by atoms with E-state index < -0.39 is 29.6 Å². The average molecular weight is 710 g/mol. The Kier molecular flexibility index (Phi) is 10.6. The monoisotopic (exact) mass is 709 g/mol.